The standard InChI is InChI=1S/C12H5BrF3/c13-9-4-2-1-3-7(9)8-5-6-10(14)12(16)11(8)15/h1-5H. The zero-order valence-corrected chi connectivity index (χ0v) is 9.48. The molecule has 0 aliphatic rings. The van der Waals surface area contributed by atoms with Crippen LogP contribution in [-0.2, 0) is 0 Å². The van der Waals surface area contributed by atoms with Crippen molar-refractivity contribution in [1.29, 1.82) is 0 Å². The third-order valence-corrected chi connectivity index (χ3v) is 2.82. The van der Waals surface area contributed by atoms with Crippen LogP contribution in [0.4, 0.5) is 13.2 Å². The summed E-state index contributed by atoms with van der Waals surface area (Å²) < 4.78 is 39.8. The average Bonchev–Trinajstić information content (AvgIpc) is 2.28. The molecule has 2 rings (SSSR count). The van der Waals surface area contributed by atoms with Crippen molar-refractivity contribution in [3.8, 4) is 11.1 Å². The van der Waals surface area contributed by atoms with Gasteiger partial charge in [0.15, 0.2) is 17.5 Å². The van der Waals surface area contributed by atoms with Gasteiger partial charge in [-0.3, -0.25) is 0 Å². The zero-order valence-electron chi connectivity index (χ0n) is 7.90. The van der Waals surface area contributed by atoms with E-state index in [9.17, 15) is 13.2 Å². The van der Waals surface area contributed by atoms with Crippen LogP contribution in [0.2, 0.25) is 0 Å². The van der Waals surface area contributed by atoms with Crippen LogP contribution in [0.25, 0.3) is 11.1 Å². The second kappa shape index (κ2) is 4.29. The summed E-state index contributed by atoms with van der Waals surface area (Å²) in [6.45, 7) is 0. The molecule has 2 aromatic carbocycles. The zero-order chi connectivity index (χ0) is 11.7. The van der Waals surface area contributed by atoms with E-state index in [0.29, 0.717) is 10.0 Å². The van der Waals surface area contributed by atoms with Crippen LogP contribution in [0.1, 0.15) is 0 Å². The normalized spacial score (nSPS) is 10.5. The minimum absolute atomic E-state index is 0.0219. The molecule has 0 spiro atoms. The lowest BCUT2D eigenvalue weighted by molar-refractivity contribution is 0.448. The molecule has 0 saturated carbocycles. The number of hydrogen-bond acceptors (Lipinski definition) is 0. The Kier molecular flexibility index (Phi) is 3.01. The predicted octanol–water partition coefficient (Wildman–Crippen LogP) is 4.33. The Balaban J connectivity index is 2.66. The summed E-state index contributed by atoms with van der Waals surface area (Å²) in [5.41, 5.74) is 0.432. The fraction of sp³-hybridized carbons (Fsp3) is 0. The first-order valence-electron chi connectivity index (χ1n) is 4.41. The van der Waals surface area contributed by atoms with Crippen molar-refractivity contribution in [2.75, 3.05) is 0 Å². The second-order valence-electron chi connectivity index (χ2n) is 3.12. The lowest BCUT2D eigenvalue weighted by atomic mass is 10.0. The van der Waals surface area contributed by atoms with Gasteiger partial charge in [-0.1, -0.05) is 34.1 Å². The van der Waals surface area contributed by atoms with E-state index in [1.807, 2.05) is 6.07 Å². The van der Waals surface area contributed by atoms with Crippen LogP contribution in [0.3, 0.4) is 0 Å². The van der Waals surface area contributed by atoms with Gasteiger partial charge < -0.3 is 0 Å². The van der Waals surface area contributed by atoms with Gasteiger partial charge in [0.1, 0.15) is 0 Å². The van der Waals surface area contributed by atoms with Crippen LogP contribution in [0, 0.1) is 23.5 Å². The Morgan fingerprint density at radius 3 is 2.31 bits per heavy atom. The Morgan fingerprint density at radius 1 is 0.938 bits per heavy atom. The van der Waals surface area contributed by atoms with Crippen LogP contribution >= 0.6 is 15.9 Å². The molecule has 1 radical (unpaired) electrons. The van der Waals surface area contributed by atoms with Crippen molar-refractivity contribution >= 4 is 15.9 Å². The van der Waals surface area contributed by atoms with Crippen LogP contribution < -0.4 is 0 Å². The molecule has 0 atom stereocenters. The van der Waals surface area contributed by atoms with E-state index in [1.165, 1.54) is 0 Å². The molecule has 0 aliphatic heterocycles. The molecule has 16 heavy (non-hydrogen) atoms. The Hall–Kier alpha value is -1.29. The van der Waals surface area contributed by atoms with Gasteiger partial charge in [-0.15, -0.1) is 0 Å². The molecule has 0 fully saturated rings. The molecule has 2 aromatic rings. The summed E-state index contributed by atoms with van der Waals surface area (Å²) in [6.07, 6.45) is 0. The van der Waals surface area contributed by atoms with Crippen molar-refractivity contribution in [1.82, 2.24) is 0 Å². The highest BCUT2D eigenvalue weighted by atomic mass is 79.9. The molecule has 0 N–H and O–H groups in total. The van der Waals surface area contributed by atoms with E-state index in [2.05, 4.69) is 15.9 Å². The van der Waals surface area contributed by atoms with E-state index < -0.39 is 17.5 Å². The molecular weight excluding hydrogens is 281 g/mol. The highest BCUT2D eigenvalue weighted by molar-refractivity contribution is 9.10. The second-order valence-corrected chi connectivity index (χ2v) is 3.98. The van der Waals surface area contributed by atoms with Gasteiger partial charge >= 0.3 is 0 Å². The quantitative estimate of drug-likeness (QED) is 0.684. The van der Waals surface area contributed by atoms with Gasteiger partial charge in [-0.05, 0) is 17.7 Å². The minimum Gasteiger partial charge on any atom is -0.203 e. The van der Waals surface area contributed by atoms with Crippen LogP contribution in [0.5, 0.6) is 0 Å². The van der Waals surface area contributed by atoms with Crippen LogP contribution in [-0.4, -0.2) is 0 Å². The van der Waals surface area contributed by atoms with Gasteiger partial charge in [-0.2, -0.15) is 0 Å². The maximum Gasteiger partial charge on any atom is 0.195 e. The largest absolute Gasteiger partial charge is 0.203 e. The molecule has 0 bridgehead atoms. The fourth-order valence-electron chi connectivity index (χ4n) is 1.35. The Labute approximate surface area is 98.9 Å². The summed E-state index contributed by atoms with van der Waals surface area (Å²) in [4.78, 5) is 0. The van der Waals surface area contributed by atoms with Crippen molar-refractivity contribution in [2.24, 2.45) is 0 Å². The molecule has 0 heterocycles. The van der Waals surface area contributed by atoms with Crippen molar-refractivity contribution < 1.29 is 13.2 Å². The molecule has 0 aliphatic carbocycles. The summed E-state index contributed by atoms with van der Waals surface area (Å²) >= 11 is 3.21. The smallest absolute Gasteiger partial charge is 0.195 e. The molecule has 0 aromatic heterocycles. The summed E-state index contributed by atoms with van der Waals surface area (Å²) in [7, 11) is 0. The molecule has 0 amide bonds. The van der Waals surface area contributed by atoms with E-state index in [0.717, 1.165) is 6.07 Å². The summed E-state index contributed by atoms with van der Waals surface area (Å²) in [5.74, 6) is -4.02. The average molecular weight is 286 g/mol. The van der Waals surface area contributed by atoms with Crippen molar-refractivity contribution in [3.63, 3.8) is 0 Å². The lowest BCUT2D eigenvalue weighted by Crippen LogP contribution is -1.94. The maximum atomic E-state index is 13.5. The number of rotatable bonds is 1. The topological polar surface area (TPSA) is 0 Å². The number of benzene rings is 2. The molecule has 0 nitrogen and oxygen atoms in total. The fourth-order valence-corrected chi connectivity index (χ4v) is 1.85. The predicted molar refractivity (Wildman–Crippen MR) is 58.3 cm³/mol. The molecule has 0 unspecified atom stereocenters. The van der Waals surface area contributed by atoms with Gasteiger partial charge in [0.2, 0.25) is 0 Å². The Bertz CT molecular complexity index is 538. The first kappa shape index (κ1) is 11.2. The third-order valence-electron chi connectivity index (χ3n) is 2.13. The lowest BCUT2D eigenvalue weighted by Gasteiger charge is -2.06. The molecule has 81 valence electrons. The highest BCUT2D eigenvalue weighted by Crippen LogP contribution is 2.31. The summed E-state index contributed by atoms with van der Waals surface area (Å²) in [6, 6.07) is 9.85. The van der Waals surface area contributed by atoms with Gasteiger partial charge in [0.25, 0.3) is 0 Å². The maximum absolute atomic E-state index is 13.5. The van der Waals surface area contributed by atoms with Crippen LogP contribution in [0.15, 0.2) is 34.8 Å². The first-order chi connectivity index (χ1) is 7.61. The summed E-state index contributed by atoms with van der Waals surface area (Å²) in [5, 5.41) is 0. The van der Waals surface area contributed by atoms with Crippen molar-refractivity contribution in [2.45, 2.75) is 0 Å². The van der Waals surface area contributed by atoms with Gasteiger partial charge in [-0.25, -0.2) is 13.2 Å². The molecule has 4 heteroatoms. The molecular formula is C12H5BrF3. The van der Waals surface area contributed by atoms with E-state index in [4.69, 9.17) is 0 Å². The van der Waals surface area contributed by atoms with E-state index in [-0.39, 0.29) is 5.56 Å². The number of hydrogen-bond donors (Lipinski definition) is 0. The third kappa shape index (κ3) is 1.85. The van der Waals surface area contributed by atoms with Gasteiger partial charge in [0, 0.05) is 16.1 Å². The first-order valence-corrected chi connectivity index (χ1v) is 5.20. The highest BCUT2D eigenvalue weighted by Gasteiger charge is 2.16. The van der Waals surface area contributed by atoms with E-state index >= 15 is 0 Å². The Morgan fingerprint density at radius 2 is 1.62 bits per heavy atom. The van der Waals surface area contributed by atoms with E-state index in [1.54, 1.807) is 24.3 Å². The van der Waals surface area contributed by atoms with Crippen molar-refractivity contribution in [3.05, 3.63) is 58.3 Å². The SMILES string of the molecule is Fc1[c]cc(-c2ccccc2Br)c(F)c1F. The minimum atomic E-state index is -1.51. The van der Waals surface area contributed by atoms with Gasteiger partial charge in [0.05, 0.1) is 0 Å². The molecule has 0 saturated heterocycles. The monoisotopic (exact) mass is 285 g/mol. The number of halogens is 4.